The largest absolute Gasteiger partial charge is 0.497 e. The van der Waals surface area contributed by atoms with Crippen molar-refractivity contribution < 1.29 is 19.1 Å². The van der Waals surface area contributed by atoms with Crippen molar-refractivity contribution in [3.05, 3.63) is 18.2 Å². The molecule has 2 saturated heterocycles. The Labute approximate surface area is 154 Å². The molecule has 2 heterocycles. The number of carbonyl (C=O) groups is 2. The van der Waals surface area contributed by atoms with Crippen LogP contribution in [0.3, 0.4) is 0 Å². The molecule has 0 spiro atoms. The Bertz CT molecular complexity index is 658. The number of hydrogen-bond acceptors (Lipinski definition) is 5. The van der Waals surface area contributed by atoms with Gasteiger partial charge < -0.3 is 25.0 Å². The van der Waals surface area contributed by atoms with E-state index in [2.05, 4.69) is 10.6 Å². The molecular formula is C19H27N3O4. The van der Waals surface area contributed by atoms with Crippen LogP contribution in [-0.2, 0) is 9.59 Å². The van der Waals surface area contributed by atoms with Crippen LogP contribution in [-0.4, -0.2) is 52.2 Å². The van der Waals surface area contributed by atoms with Gasteiger partial charge in [-0.1, -0.05) is 0 Å². The fourth-order valence-corrected chi connectivity index (χ4v) is 3.63. The molecule has 26 heavy (non-hydrogen) atoms. The van der Waals surface area contributed by atoms with E-state index in [4.69, 9.17) is 9.47 Å². The SMILES string of the molecule is COc1ccc(N2CC(C(=O)NCCC3CCNC3)CC2=O)c(OC)c1. The van der Waals surface area contributed by atoms with Crippen LogP contribution in [0.15, 0.2) is 18.2 Å². The molecule has 1 aromatic rings. The second kappa shape index (κ2) is 8.40. The number of anilines is 1. The number of amides is 2. The van der Waals surface area contributed by atoms with E-state index in [-0.39, 0.29) is 24.2 Å². The average Bonchev–Trinajstić information content (AvgIpc) is 3.30. The third kappa shape index (κ3) is 4.09. The fraction of sp³-hybridized carbons (Fsp3) is 0.579. The molecule has 0 bridgehead atoms. The summed E-state index contributed by atoms with van der Waals surface area (Å²) in [7, 11) is 3.14. The van der Waals surface area contributed by atoms with Crippen LogP contribution in [0.5, 0.6) is 11.5 Å². The summed E-state index contributed by atoms with van der Waals surface area (Å²) in [5, 5.41) is 6.32. The average molecular weight is 361 g/mol. The summed E-state index contributed by atoms with van der Waals surface area (Å²) < 4.78 is 10.6. The smallest absolute Gasteiger partial charge is 0.227 e. The molecule has 142 valence electrons. The number of methoxy groups -OCH3 is 2. The van der Waals surface area contributed by atoms with Crippen molar-refractivity contribution in [3.8, 4) is 11.5 Å². The number of nitrogens with zero attached hydrogens (tertiary/aromatic N) is 1. The maximum atomic E-state index is 12.4. The van der Waals surface area contributed by atoms with Crippen LogP contribution >= 0.6 is 0 Å². The second-order valence-corrected chi connectivity index (χ2v) is 6.88. The van der Waals surface area contributed by atoms with Gasteiger partial charge in [-0.25, -0.2) is 0 Å². The van der Waals surface area contributed by atoms with Gasteiger partial charge in [-0.2, -0.15) is 0 Å². The van der Waals surface area contributed by atoms with Crippen LogP contribution in [0.1, 0.15) is 19.3 Å². The van der Waals surface area contributed by atoms with Crippen LogP contribution < -0.4 is 25.0 Å². The van der Waals surface area contributed by atoms with Crippen LogP contribution in [0.4, 0.5) is 5.69 Å². The lowest BCUT2D eigenvalue weighted by atomic mass is 10.0. The van der Waals surface area contributed by atoms with Crippen molar-refractivity contribution in [1.82, 2.24) is 10.6 Å². The number of carbonyl (C=O) groups excluding carboxylic acids is 2. The first kappa shape index (κ1) is 18.5. The summed E-state index contributed by atoms with van der Waals surface area (Å²) in [4.78, 5) is 26.5. The third-order valence-electron chi connectivity index (χ3n) is 5.19. The van der Waals surface area contributed by atoms with Crippen molar-refractivity contribution >= 4 is 17.5 Å². The number of ether oxygens (including phenoxy) is 2. The van der Waals surface area contributed by atoms with Crippen molar-refractivity contribution in [1.29, 1.82) is 0 Å². The topological polar surface area (TPSA) is 79.9 Å². The number of benzene rings is 1. The Morgan fingerprint density at radius 2 is 2.19 bits per heavy atom. The van der Waals surface area contributed by atoms with Crippen molar-refractivity contribution in [2.24, 2.45) is 11.8 Å². The van der Waals surface area contributed by atoms with Gasteiger partial charge in [-0.05, 0) is 44.0 Å². The van der Waals surface area contributed by atoms with Crippen molar-refractivity contribution in [2.75, 3.05) is 45.3 Å². The van der Waals surface area contributed by atoms with Gasteiger partial charge in [-0.3, -0.25) is 9.59 Å². The van der Waals surface area contributed by atoms with E-state index in [0.29, 0.717) is 36.2 Å². The van der Waals surface area contributed by atoms with Gasteiger partial charge in [0.2, 0.25) is 11.8 Å². The lowest BCUT2D eigenvalue weighted by Crippen LogP contribution is -2.34. The maximum absolute atomic E-state index is 12.4. The zero-order valence-corrected chi connectivity index (χ0v) is 15.4. The molecule has 2 atom stereocenters. The molecule has 7 nitrogen and oxygen atoms in total. The molecule has 2 N–H and O–H groups in total. The highest BCUT2D eigenvalue weighted by Gasteiger charge is 2.36. The molecule has 2 aliphatic heterocycles. The summed E-state index contributed by atoms with van der Waals surface area (Å²) in [5.41, 5.74) is 0.672. The Hall–Kier alpha value is -2.28. The molecule has 2 unspecified atom stereocenters. The normalized spacial score (nSPS) is 22.5. The Morgan fingerprint density at radius 3 is 2.88 bits per heavy atom. The Kier molecular flexibility index (Phi) is 5.98. The first-order valence-electron chi connectivity index (χ1n) is 9.13. The second-order valence-electron chi connectivity index (χ2n) is 6.88. The lowest BCUT2D eigenvalue weighted by Gasteiger charge is -2.20. The van der Waals surface area contributed by atoms with Gasteiger partial charge in [0, 0.05) is 25.6 Å². The zero-order chi connectivity index (χ0) is 18.5. The highest BCUT2D eigenvalue weighted by atomic mass is 16.5. The van der Waals surface area contributed by atoms with Crippen LogP contribution in [0.25, 0.3) is 0 Å². The van der Waals surface area contributed by atoms with Crippen molar-refractivity contribution in [3.63, 3.8) is 0 Å². The summed E-state index contributed by atoms with van der Waals surface area (Å²) in [6, 6.07) is 5.32. The summed E-state index contributed by atoms with van der Waals surface area (Å²) in [5.74, 6) is 1.44. The highest BCUT2D eigenvalue weighted by Crippen LogP contribution is 2.35. The molecule has 2 amide bonds. The predicted molar refractivity (Wildman–Crippen MR) is 98.6 cm³/mol. The van der Waals surface area contributed by atoms with E-state index >= 15 is 0 Å². The molecule has 2 fully saturated rings. The first-order chi connectivity index (χ1) is 12.6. The molecule has 0 saturated carbocycles. The minimum absolute atomic E-state index is 0.0423. The first-order valence-corrected chi connectivity index (χ1v) is 9.13. The minimum atomic E-state index is -0.323. The molecule has 1 aromatic carbocycles. The lowest BCUT2D eigenvalue weighted by molar-refractivity contribution is -0.126. The van der Waals surface area contributed by atoms with Gasteiger partial charge in [-0.15, -0.1) is 0 Å². The van der Waals surface area contributed by atoms with Gasteiger partial charge in [0.15, 0.2) is 0 Å². The van der Waals surface area contributed by atoms with Crippen LogP contribution in [0, 0.1) is 11.8 Å². The molecule has 0 aromatic heterocycles. The van der Waals surface area contributed by atoms with Gasteiger partial charge in [0.25, 0.3) is 0 Å². The van der Waals surface area contributed by atoms with E-state index in [1.54, 1.807) is 37.3 Å². The highest BCUT2D eigenvalue weighted by molar-refractivity contribution is 6.01. The predicted octanol–water partition coefficient (Wildman–Crippen LogP) is 1.17. The molecular weight excluding hydrogens is 334 g/mol. The molecule has 7 heteroatoms. The van der Waals surface area contributed by atoms with E-state index in [9.17, 15) is 9.59 Å². The van der Waals surface area contributed by atoms with Crippen molar-refractivity contribution in [2.45, 2.75) is 19.3 Å². The molecule has 0 radical (unpaired) electrons. The van der Waals surface area contributed by atoms with E-state index in [1.807, 2.05) is 0 Å². The van der Waals surface area contributed by atoms with Gasteiger partial charge >= 0.3 is 0 Å². The third-order valence-corrected chi connectivity index (χ3v) is 5.19. The number of hydrogen-bond donors (Lipinski definition) is 2. The van der Waals surface area contributed by atoms with Crippen LogP contribution in [0.2, 0.25) is 0 Å². The summed E-state index contributed by atoms with van der Waals surface area (Å²) in [6.07, 6.45) is 2.38. The zero-order valence-electron chi connectivity index (χ0n) is 15.4. The summed E-state index contributed by atoms with van der Waals surface area (Å²) >= 11 is 0. The Morgan fingerprint density at radius 1 is 1.35 bits per heavy atom. The van der Waals surface area contributed by atoms with E-state index in [0.717, 1.165) is 19.5 Å². The fourth-order valence-electron chi connectivity index (χ4n) is 3.63. The minimum Gasteiger partial charge on any atom is -0.497 e. The maximum Gasteiger partial charge on any atom is 0.227 e. The standard InChI is InChI=1S/C19H27N3O4/c1-25-15-3-4-16(17(10-15)26-2)22-12-14(9-18(22)23)19(24)21-8-6-13-5-7-20-11-13/h3-4,10,13-14,20H,5-9,11-12H2,1-2H3,(H,21,24). The molecule has 3 rings (SSSR count). The molecule has 0 aliphatic carbocycles. The number of nitrogens with one attached hydrogen (secondary N) is 2. The monoisotopic (exact) mass is 361 g/mol. The quantitative estimate of drug-likeness (QED) is 0.762. The Balaban J connectivity index is 1.58. The van der Waals surface area contributed by atoms with E-state index in [1.165, 1.54) is 6.42 Å². The van der Waals surface area contributed by atoms with Gasteiger partial charge in [0.1, 0.15) is 11.5 Å². The summed E-state index contributed by atoms with van der Waals surface area (Å²) in [6.45, 7) is 3.14. The number of rotatable bonds is 7. The molecule has 2 aliphatic rings. The van der Waals surface area contributed by atoms with E-state index < -0.39 is 0 Å². The van der Waals surface area contributed by atoms with Gasteiger partial charge in [0.05, 0.1) is 25.8 Å².